The molecule has 3 heteroatoms. The zero-order valence-electron chi connectivity index (χ0n) is 14.1. The van der Waals surface area contributed by atoms with Crippen LogP contribution in [0, 0.1) is 0 Å². The van der Waals surface area contributed by atoms with E-state index < -0.39 is 0 Å². The predicted octanol–water partition coefficient (Wildman–Crippen LogP) is 4.32. The molecule has 0 bridgehead atoms. The van der Waals surface area contributed by atoms with E-state index in [9.17, 15) is 4.79 Å². The molecule has 1 fully saturated rings. The monoisotopic (exact) mass is 323 g/mol. The minimum atomic E-state index is 0.200. The molecule has 3 nitrogen and oxygen atoms in total. The van der Waals surface area contributed by atoms with E-state index in [4.69, 9.17) is 4.74 Å². The van der Waals surface area contributed by atoms with Crippen LogP contribution in [-0.2, 0) is 6.61 Å². The van der Waals surface area contributed by atoms with Gasteiger partial charge in [-0.05, 0) is 43.6 Å². The lowest BCUT2D eigenvalue weighted by molar-refractivity contribution is 0.0958. The smallest absolute Gasteiger partial charge is 0.164 e. The molecule has 0 N–H and O–H groups in total. The number of ether oxygens (including phenoxy) is 1. The third kappa shape index (κ3) is 4.93. The summed E-state index contributed by atoms with van der Waals surface area (Å²) in [7, 11) is 0. The van der Waals surface area contributed by atoms with Gasteiger partial charge in [-0.1, -0.05) is 48.9 Å². The van der Waals surface area contributed by atoms with E-state index >= 15 is 0 Å². The van der Waals surface area contributed by atoms with E-state index in [0.717, 1.165) is 36.5 Å². The van der Waals surface area contributed by atoms with Crippen molar-refractivity contribution in [2.24, 2.45) is 0 Å². The highest BCUT2D eigenvalue weighted by Crippen LogP contribution is 2.17. The van der Waals surface area contributed by atoms with Crippen LogP contribution in [0.1, 0.15) is 41.6 Å². The maximum Gasteiger partial charge on any atom is 0.164 e. The molecule has 1 aliphatic rings. The van der Waals surface area contributed by atoms with Gasteiger partial charge >= 0.3 is 0 Å². The molecule has 24 heavy (non-hydrogen) atoms. The summed E-state index contributed by atoms with van der Waals surface area (Å²) < 4.78 is 5.81. The standard InChI is InChI=1S/C21H25NO2/c23-21(12-15-22-13-5-2-6-14-22)19-10-7-11-20(16-19)24-17-18-8-3-1-4-9-18/h1,3-4,7-11,16H,2,5-6,12-15,17H2. The van der Waals surface area contributed by atoms with Gasteiger partial charge in [0.25, 0.3) is 0 Å². The largest absolute Gasteiger partial charge is 0.489 e. The van der Waals surface area contributed by atoms with Gasteiger partial charge in [0.1, 0.15) is 12.4 Å². The molecule has 3 rings (SSSR count). The van der Waals surface area contributed by atoms with Crippen molar-refractivity contribution in [3.63, 3.8) is 0 Å². The van der Waals surface area contributed by atoms with Gasteiger partial charge < -0.3 is 9.64 Å². The van der Waals surface area contributed by atoms with Gasteiger partial charge in [-0.2, -0.15) is 0 Å². The van der Waals surface area contributed by atoms with Crippen molar-refractivity contribution in [3.8, 4) is 5.75 Å². The van der Waals surface area contributed by atoms with Gasteiger partial charge in [-0.25, -0.2) is 0 Å². The number of piperidine rings is 1. The number of ketones is 1. The molecular weight excluding hydrogens is 298 g/mol. The lowest BCUT2D eigenvalue weighted by Crippen LogP contribution is -2.31. The second kappa shape index (κ2) is 8.65. The molecule has 1 heterocycles. The van der Waals surface area contributed by atoms with E-state index in [1.165, 1.54) is 19.3 Å². The van der Waals surface area contributed by atoms with Crippen molar-refractivity contribution in [1.82, 2.24) is 4.90 Å². The fraction of sp³-hybridized carbons (Fsp3) is 0.381. The van der Waals surface area contributed by atoms with Crippen molar-refractivity contribution < 1.29 is 9.53 Å². The third-order valence-electron chi connectivity index (χ3n) is 4.51. The van der Waals surface area contributed by atoms with Crippen LogP contribution >= 0.6 is 0 Å². The number of carbonyl (C=O) groups is 1. The van der Waals surface area contributed by atoms with Crippen molar-refractivity contribution in [1.29, 1.82) is 0 Å². The quantitative estimate of drug-likeness (QED) is 0.711. The summed E-state index contributed by atoms with van der Waals surface area (Å²) >= 11 is 0. The summed E-state index contributed by atoms with van der Waals surface area (Å²) in [4.78, 5) is 14.8. The van der Waals surface area contributed by atoms with Crippen LogP contribution in [0.5, 0.6) is 5.75 Å². The van der Waals surface area contributed by atoms with Crippen LogP contribution in [0.25, 0.3) is 0 Å². The topological polar surface area (TPSA) is 29.5 Å². The fourth-order valence-electron chi connectivity index (χ4n) is 3.09. The molecule has 0 atom stereocenters. The van der Waals surface area contributed by atoms with E-state index in [1.54, 1.807) is 0 Å². The zero-order valence-corrected chi connectivity index (χ0v) is 14.1. The first kappa shape index (κ1) is 16.7. The van der Waals surface area contributed by atoms with Gasteiger partial charge in [0.2, 0.25) is 0 Å². The highest BCUT2D eigenvalue weighted by molar-refractivity contribution is 5.96. The summed E-state index contributed by atoms with van der Waals surface area (Å²) in [5.41, 5.74) is 1.87. The molecule has 0 saturated carbocycles. The van der Waals surface area contributed by atoms with Gasteiger partial charge in [0.15, 0.2) is 5.78 Å². The number of Topliss-reactive ketones (excluding diaryl/α,β-unsaturated/α-hetero) is 1. The Morgan fingerprint density at radius 3 is 2.54 bits per heavy atom. The molecule has 0 spiro atoms. The second-order valence-corrected chi connectivity index (χ2v) is 6.38. The Morgan fingerprint density at radius 1 is 0.958 bits per heavy atom. The molecule has 2 aromatic rings. The van der Waals surface area contributed by atoms with Crippen molar-refractivity contribution in [2.45, 2.75) is 32.3 Å². The van der Waals surface area contributed by atoms with Gasteiger partial charge in [0.05, 0.1) is 0 Å². The first-order valence-corrected chi connectivity index (χ1v) is 8.83. The molecule has 126 valence electrons. The molecule has 1 aliphatic heterocycles. The molecule has 0 aliphatic carbocycles. The molecule has 2 aromatic carbocycles. The first-order chi connectivity index (χ1) is 11.8. The maximum atomic E-state index is 12.4. The Labute approximate surface area is 144 Å². The highest BCUT2D eigenvalue weighted by atomic mass is 16.5. The summed E-state index contributed by atoms with van der Waals surface area (Å²) in [6.45, 7) is 3.65. The zero-order chi connectivity index (χ0) is 16.6. The number of carbonyl (C=O) groups excluding carboxylic acids is 1. The molecule has 1 saturated heterocycles. The Morgan fingerprint density at radius 2 is 1.75 bits per heavy atom. The summed E-state index contributed by atoms with van der Waals surface area (Å²) in [5, 5.41) is 0. The lowest BCUT2D eigenvalue weighted by Gasteiger charge is -2.25. The average molecular weight is 323 g/mol. The van der Waals surface area contributed by atoms with Crippen molar-refractivity contribution in [3.05, 3.63) is 65.7 Å². The fourth-order valence-corrected chi connectivity index (χ4v) is 3.09. The number of hydrogen-bond donors (Lipinski definition) is 0. The molecular formula is C21H25NO2. The van der Waals surface area contributed by atoms with Crippen LogP contribution in [0.2, 0.25) is 0 Å². The first-order valence-electron chi connectivity index (χ1n) is 8.83. The molecule has 0 amide bonds. The number of nitrogens with zero attached hydrogens (tertiary/aromatic N) is 1. The Balaban J connectivity index is 1.52. The Kier molecular flexibility index (Phi) is 6.02. The average Bonchev–Trinajstić information content (AvgIpc) is 2.66. The Hall–Kier alpha value is -2.13. The van der Waals surface area contributed by atoms with E-state index in [2.05, 4.69) is 4.90 Å². The van der Waals surface area contributed by atoms with Crippen molar-refractivity contribution >= 4 is 5.78 Å². The highest BCUT2D eigenvalue weighted by Gasteiger charge is 2.13. The van der Waals surface area contributed by atoms with E-state index in [1.807, 2.05) is 54.6 Å². The van der Waals surface area contributed by atoms with Crippen LogP contribution in [-0.4, -0.2) is 30.3 Å². The summed E-state index contributed by atoms with van der Waals surface area (Å²) in [6.07, 6.45) is 4.43. The van der Waals surface area contributed by atoms with Gasteiger partial charge in [-0.15, -0.1) is 0 Å². The predicted molar refractivity (Wildman–Crippen MR) is 96.5 cm³/mol. The van der Waals surface area contributed by atoms with Crippen molar-refractivity contribution in [2.75, 3.05) is 19.6 Å². The normalized spacial score (nSPS) is 15.2. The molecule has 0 radical (unpaired) electrons. The molecule has 0 aromatic heterocycles. The molecule has 0 unspecified atom stereocenters. The van der Waals surface area contributed by atoms with E-state index in [-0.39, 0.29) is 5.78 Å². The van der Waals surface area contributed by atoms with Crippen LogP contribution in [0.15, 0.2) is 54.6 Å². The van der Waals surface area contributed by atoms with E-state index in [0.29, 0.717) is 13.0 Å². The van der Waals surface area contributed by atoms with Gasteiger partial charge in [-0.3, -0.25) is 4.79 Å². The lowest BCUT2D eigenvalue weighted by atomic mass is 10.1. The summed E-state index contributed by atoms with van der Waals surface area (Å²) in [5.74, 6) is 0.952. The maximum absolute atomic E-state index is 12.4. The minimum Gasteiger partial charge on any atom is -0.489 e. The van der Waals surface area contributed by atoms with Gasteiger partial charge in [0, 0.05) is 18.5 Å². The Bertz CT molecular complexity index is 648. The van der Waals surface area contributed by atoms with Crippen LogP contribution < -0.4 is 4.74 Å². The SMILES string of the molecule is O=C(CCN1CCCCC1)c1cccc(OCc2ccccc2)c1. The summed E-state index contributed by atoms with van der Waals surface area (Å²) in [6, 6.07) is 17.6. The minimum absolute atomic E-state index is 0.200. The second-order valence-electron chi connectivity index (χ2n) is 6.38. The third-order valence-corrected chi connectivity index (χ3v) is 4.51. The number of benzene rings is 2. The number of rotatable bonds is 7. The number of hydrogen-bond acceptors (Lipinski definition) is 3. The van der Waals surface area contributed by atoms with Crippen LogP contribution in [0.3, 0.4) is 0 Å². The van der Waals surface area contributed by atoms with Crippen LogP contribution in [0.4, 0.5) is 0 Å². The number of likely N-dealkylation sites (tertiary alicyclic amines) is 1.